The van der Waals surface area contributed by atoms with E-state index in [1.54, 1.807) is 18.2 Å². The predicted octanol–water partition coefficient (Wildman–Crippen LogP) is 2.28. The largest absolute Gasteiger partial charge is 0.490 e. The van der Waals surface area contributed by atoms with Crippen molar-refractivity contribution in [3.8, 4) is 5.75 Å². The van der Waals surface area contributed by atoms with Crippen LogP contribution in [0.3, 0.4) is 0 Å². The van der Waals surface area contributed by atoms with E-state index in [1.807, 2.05) is 0 Å². The highest BCUT2D eigenvalue weighted by Gasteiger charge is 2.08. The highest BCUT2D eigenvalue weighted by molar-refractivity contribution is 5.97. The summed E-state index contributed by atoms with van der Waals surface area (Å²) in [5.41, 5.74) is 6.70. The van der Waals surface area contributed by atoms with Crippen LogP contribution in [0.1, 0.15) is 30.6 Å². The lowest BCUT2D eigenvalue weighted by Gasteiger charge is -2.10. The Morgan fingerprint density at radius 2 is 2.06 bits per heavy atom. The van der Waals surface area contributed by atoms with Crippen LogP contribution in [-0.2, 0) is 4.74 Å². The van der Waals surface area contributed by atoms with Gasteiger partial charge in [0.05, 0.1) is 12.2 Å². The zero-order valence-electron chi connectivity index (χ0n) is 10.4. The minimum atomic E-state index is -0.0539. The minimum Gasteiger partial charge on any atom is -0.490 e. The summed E-state index contributed by atoms with van der Waals surface area (Å²) >= 11 is 0. The number of carbonyl (C=O) groups is 1. The molecule has 0 heterocycles. The van der Waals surface area contributed by atoms with Crippen molar-refractivity contribution in [1.29, 1.82) is 0 Å². The topological polar surface area (TPSA) is 61.6 Å². The molecular weight excluding hydrogens is 218 g/mol. The second-order valence-electron chi connectivity index (χ2n) is 3.77. The quantitative estimate of drug-likeness (QED) is 0.449. The average Bonchev–Trinajstić information content (AvgIpc) is 2.30. The number of benzene rings is 1. The van der Waals surface area contributed by atoms with Gasteiger partial charge in [-0.3, -0.25) is 4.79 Å². The van der Waals surface area contributed by atoms with Crippen LogP contribution < -0.4 is 10.5 Å². The third kappa shape index (κ3) is 4.44. The molecule has 1 aromatic carbocycles. The Labute approximate surface area is 102 Å². The second kappa shape index (κ2) is 6.91. The lowest BCUT2D eigenvalue weighted by atomic mass is 10.1. The molecule has 0 radical (unpaired) electrons. The van der Waals surface area contributed by atoms with Crippen molar-refractivity contribution in [3.05, 3.63) is 23.8 Å². The van der Waals surface area contributed by atoms with Gasteiger partial charge in [-0.2, -0.15) is 0 Å². The number of hydrogen-bond acceptors (Lipinski definition) is 4. The molecule has 94 valence electrons. The number of nitrogen functional groups attached to an aromatic ring is 1. The zero-order chi connectivity index (χ0) is 12.7. The van der Waals surface area contributed by atoms with Gasteiger partial charge in [0.15, 0.2) is 5.78 Å². The number of ether oxygens (including phenoxy) is 2. The van der Waals surface area contributed by atoms with Crippen LogP contribution in [-0.4, -0.2) is 25.6 Å². The third-order valence-electron chi connectivity index (χ3n) is 2.22. The number of hydrogen-bond donors (Lipinski definition) is 1. The Hall–Kier alpha value is -1.55. The van der Waals surface area contributed by atoms with Crippen molar-refractivity contribution in [2.75, 3.05) is 25.6 Å². The molecule has 1 rings (SSSR count). The first-order valence-corrected chi connectivity index (χ1v) is 5.76. The van der Waals surface area contributed by atoms with Crippen molar-refractivity contribution >= 4 is 11.5 Å². The molecule has 0 atom stereocenters. The molecule has 0 saturated carbocycles. The Morgan fingerprint density at radius 3 is 2.71 bits per heavy atom. The summed E-state index contributed by atoms with van der Waals surface area (Å²) in [6.07, 6.45) is 0.987. The van der Waals surface area contributed by atoms with Crippen molar-refractivity contribution in [2.24, 2.45) is 0 Å². The smallest absolute Gasteiger partial charge is 0.163 e. The molecule has 1 aromatic rings. The number of carbonyl (C=O) groups excluding carboxylic acids is 1. The Balaban J connectivity index is 2.55. The fourth-order valence-electron chi connectivity index (χ4n) is 1.41. The Morgan fingerprint density at radius 1 is 1.29 bits per heavy atom. The van der Waals surface area contributed by atoms with Gasteiger partial charge in [0.2, 0.25) is 0 Å². The normalized spacial score (nSPS) is 10.2. The second-order valence-corrected chi connectivity index (χ2v) is 3.77. The number of rotatable bonds is 7. The molecular formula is C13H19NO3. The molecule has 0 aliphatic carbocycles. The summed E-state index contributed by atoms with van der Waals surface area (Å²) in [5, 5.41) is 0. The highest BCUT2D eigenvalue weighted by atomic mass is 16.5. The van der Waals surface area contributed by atoms with Gasteiger partial charge in [-0.25, -0.2) is 0 Å². The van der Waals surface area contributed by atoms with E-state index in [2.05, 4.69) is 6.92 Å². The Kier molecular flexibility index (Phi) is 5.49. The van der Waals surface area contributed by atoms with Crippen LogP contribution >= 0.6 is 0 Å². The molecule has 4 nitrogen and oxygen atoms in total. The molecule has 0 aromatic heterocycles. The van der Waals surface area contributed by atoms with Crippen molar-refractivity contribution in [3.63, 3.8) is 0 Å². The fourth-order valence-corrected chi connectivity index (χ4v) is 1.41. The first-order chi connectivity index (χ1) is 8.15. The van der Waals surface area contributed by atoms with E-state index in [0.717, 1.165) is 13.0 Å². The maximum Gasteiger partial charge on any atom is 0.163 e. The molecule has 0 unspecified atom stereocenters. The van der Waals surface area contributed by atoms with Gasteiger partial charge >= 0.3 is 0 Å². The van der Waals surface area contributed by atoms with Crippen LogP contribution in [0.25, 0.3) is 0 Å². The van der Waals surface area contributed by atoms with Gasteiger partial charge in [0.25, 0.3) is 0 Å². The van der Waals surface area contributed by atoms with Crippen LogP contribution in [0.2, 0.25) is 0 Å². The summed E-state index contributed by atoms with van der Waals surface area (Å²) in [4.78, 5) is 11.4. The van der Waals surface area contributed by atoms with E-state index in [1.165, 1.54) is 6.92 Å². The fraction of sp³-hybridized carbons (Fsp3) is 0.462. The number of nitrogens with two attached hydrogens (primary N) is 1. The summed E-state index contributed by atoms with van der Waals surface area (Å²) in [7, 11) is 0. The SMILES string of the molecule is CCCOCCOc1ccc(N)cc1C(C)=O. The lowest BCUT2D eigenvalue weighted by molar-refractivity contribution is 0.0963. The van der Waals surface area contributed by atoms with Crippen LogP contribution in [0.4, 0.5) is 5.69 Å². The summed E-state index contributed by atoms with van der Waals surface area (Å²) in [5.74, 6) is 0.508. The van der Waals surface area contributed by atoms with E-state index in [4.69, 9.17) is 15.2 Å². The molecule has 0 spiro atoms. The van der Waals surface area contributed by atoms with Gasteiger partial charge in [-0.15, -0.1) is 0 Å². The monoisotopic (exact) mass is 237 g/mol. The van der Waals surface area contributed by atoms with Crippen LogP contribution in [0.5, 0.6) is 5.75 Å². The maximum absolute atomic E-state index is 11.4. The average molecular weight is 237 g/mol. The summed E-state index contributed by atoms with van der Waals surface area (Å²) in [6.45, 7) is 5.23. The van der Waals surface area contributed by atoms with Crippen LogP contribution in [0, 0.1) is 0 Å². The van der Waals surface area contributed by atoms with Crippen molar-refractivity contribution in [1.82, 2.24) is 0 Å². The summed E-state index contributed by atoms with van der Waals surface area (Å²) in [6, 6.07) is 5.06. The first kappa shape index (κ1) is 13.5. The van der Waals surface area contributed by atoms with Gasteiger partial charge in [0.1, 0.15) is 12.4 Å². The van der Waals surface area contributed by atoms with Gasteiger partial charge in [-0.1, -0.05) is 6.92 Å². The highest BCUT2D eigenvalue weighted by Crippen LogP contribution is 2.21. The van der Waals surface area contributed by atoms with Gasteiger partial charge < -0.3 is 15.2 Å². The molecule has 0 amide bonds. The van der Waals surface area contributed by atoms with E-state index in [0.29, 0.717) is 30.2 Å². The molecule has 0 aliphatic heterocycles. The van der Waals surface area contributed by atoms with Crippen LogP contribution in [0.15, 0.2) is 18.2 Å². The molecule has 4 heteroatoms. The number of Topliss-reactive ketones (excluding diaryl/α,β-unsaturated/α-hetero) is 1. The molecule has 0 aliphatic rings. The van der Waals surface area contributed by atoms with Crippen molar-refractivity contribution < 1.29 is 14.3 Å². The predicted molar refractivity (Wildman–Crippen MR) is 67.5 cm³/mol. The van der Waals surface area contributed by atoms with E-state index in [9.17, 15) is 4.79 Å². The van der Waals surface area contributed by atoms with Gasteiger partial charge in [-0.05, 0) is 31.5 Å². The summed E-state index contributed by atoms with van der Waals surface area (Å²) < 4.78 is 10.8. The molecule has 0 bridgehead atoms. The number of anilines is 1. The van der Waals surface area contributed by atoms with E-state index >= 15 is 0 Å². The lowest BCUT2D eigenvalue weighted by Crippen LogP contribution is -2.09. The van der Waals surface area contributed by atoms with E-state index in [-0.39, 0.29) is 5.78 Å². The molecule has 0 fully saturated rings. The molecule has 0 saturated heterocycles. The van der Waals surface area contributed by atoms with Crippen molar-refractivity contribution in [2.45, 2.75) is 20.3 Å². The minimum absolute atomic E-state index is 0.0539. The zero-order valence-corrected chi connectivity index (χ0v) is 10.4. The Bertz CT molecular complexity index is 377. The number of ketones is 1. The molecule has 17 heavy (non-hydrogen) atoms. The molecule has 2 N–H and O–H groups in total. The van der Waals surface area contributed by atoms with E-state index < -0.39 is 0 Å². The maximum atomic E-state index is 11.4. The van der Waals surface area contributed by atoms with Gasteiger partial charge in [0, 0.05) is 12.3 Å². The first-order valence-electron chi connectivity index (χ1n) is 5.76. The third-order valence-corrected chi connectivity index (χ3v) is 2.22. The standard InChI is InChI=1S/C13H19NO3/c1-3-6-16-7-8-17-13-5-4-11(14)9-12(13)10(2)15/h4-5,9H,3,6-8,14H2,1-2H3.